The number of rotatable bonds is 4. The van der Waals surface area contributed by atoms with Crippen LogP contribution in [-0.4, -0.2) is 0 Å². The molecular weight excluding hydrogens is 360 g/mol. The molecule has 0 heteroatoms. The molecular formula is C30H30. The zero-order valence-corrected chi connectivity index (χ0v) is 18.3. The van der Waals surface area contributed by atoms with Gasteiger partial charge in [0.15, 0.2) is 0 Å². The minimum Gasteiger partial charge on any atom is -0.0836 e. The number of hydrogen-bond acceptors (Lipinski definition) is 0. The number of aryl methyl sites for hydroxylation is 1. The van der Waals surface area contributed by atoms with E-state index >= 15 is 0 Å². The van der Waals surface area contributed by atoms with Crippen molar-refractivity contribution in [3.8, 4) is 11.1 Å². The number of hydrogen-bond donors (Lipinski definition) is 0. The Balaban J connectivity index is 1.62. The molecule has 1 atom stereocenters. The molecule has 0 saturated heterocycles. The fourth-order valence-electron chi connectivity index (χ4n) is 5.49. The smallest absolute Gasteiger partial charge is 0.0158 e. The Kier molecular flexibility index (Phi) is 4.74. The van der Waals surface area contributed by atoms with Crippen LogP contribution in [0.1, 0.15) is 67.3 Å². The van der Waals surface area contributed by atoms with Crippen LogP contribution in [0.5, 0.6) is 0 Å². The van der Waals surface area contributed by atoms with Gasteiger partial charge >= 0.3 is 0 Å². The predicted octanol–water partition coefficient (Wildman–Crippen LogP) is 8.07. The van der Waals surface area contributed by atoms with E-state index in [2.05, 4.69) is 106 Å². The largest absolute Gasteiger partial charge is 0.0836 e. The highest BCUT2D eigenvalue weighted by atomic mass is 14.4. The summed E-state index contributed by atoms with van der Waals surface area (Å²) in [4.78, 5) is 0. The van der Waals surface area contributed by atoms with Crippen LogP contribution in [0.4, 0.5) is 0 Å². The highest BCUT2D eigenvalue weighted by molar-refractivity contribution is 5.85. The summed E-state index contributed by atoms with van der Waals surface area (Å²) < 4.78 is 0. The lowest BCUT2D eigenvalue weighted by Crippen LogP contribution is -2.15. The number of allylic oxidation sites excluding steroid dienone is 4. The van der Waals surface area contributed by atoms with Gasteiger partial charge in [-0.25, -0.2) is 0 Å². The standard InChI is InChI=1S/C30H30/c1-4-11-21-12-5-6-13-23(21)25-15-8-7-14-24(25)22-18-19-29-27(20-22)26-16-9-10-17-28(26)30(29,2)3/h5-10,12-14,16-20,25H,4,11,15H2,1-3H3. The molecule has 0 fully saturated rings. The summed E-state index contributed by atoms with van der Waals surface area (Å²) in [6.45, 7) is 6.97. The van der Waals surface area contributed by atoms with E-state index in [0.717, 1.165) is 12.8 Å². The molecule has 2 aliphatic carbocycles. The fourth-order valence-corrected chi connectivity index (χ4v) is 5.49. The molecule has 0 bridgehead atoms. The van der Waals surface area contributed by atoms with Crippen molar-refractivity contribution in [2.75, 3.05) is 0 Å². The number of fused-ring (bicyclic) bond motifs is 3. The molecule has 0 aliphatic heterocycles. The van der Waals surface area contributed by atoms with Crippen LogP contribution in [0.25, 0.3) is 16.7 Å². The normalized spacial score (nSPS) is 18.6. The van der Waals surface area contributed by atoms with Gasteiger partial charge < -0.3 is 0 Å². The molecule has 5 rings (SSSR count). The predicted molar refractivity (Wildman–Crippen MR) is 129 cm³/mol. The first-order chi connectivity index (χ1) is 14.6. The summed E-state index contributed by atoms with van der Waals surface area (Å²) in [5.74, 6) is 0.431. The lowest BCUT2D eigenvalue weighted by Gasteiger charge is -2.26. The summed E-state index contributed by atoms with van der Waals surface area (Å²) >= 11 is 0. The lowest BCUT2D eigenvalue weighted by atomic mass is 9.78. The van der Waals surface area contributed by atoms with Crippen LogP contribution in [0.2, 0.25) is 0 Å². The van der Waals surface area contributed by atoms with Crippen molar-refractivity contribution in [2.45, 2.75) is 51.4 Å². The van der Waals surface area contributed by atoms with E-state index in [1.165, 1.54) is 50.9 Å². The van der Waals surface area contributed by atoms with Crippen LogP contribution < -0.4 is 0 Å². The molecule has 0 amide bonds. The highest BCUT2D eigenvalue weighted by Gasteiger charge is 2.35. The Bertz CT molecular complexity index is 1160. The molecule has 150 valence electrons. The van der Waals surface area contributed by atoms with Crippen LogP contribution in [0, 0.1) is 0 Å². The van der Waals surface area contributed by atoms with Crippen molar-refractivity contribution in [3.05, 3.63) is 113 Å². The molecule has 0 saturated carbocycles. The third-order valence-electron chi connectivity index (χ3n) is 7.03. The summed E-state index contributed by atoms with van der Waals surface area (Å²) in [5.41, 5.74) is 11.6. The Labute approximate surface area is 181 Å². The molecule has 0 aromatic heterocycles. The monoisotopic (exact) mass is 390 g/mol. The van der Waals surface area contributed by atoms with Crippen molar-refractivity contribution >= 4 is 5.57 Å². The second-order valence-corrected chi connectivity index (χ2v) is 9.22. The molecule has 0 N–H and O–H groups in total. The van der Waals surface area contributed by atoms with E-state index in [1.54, 1.807) is 0 Å². The minimum absolute atomic E-state index is 0.0679. The molecule has 3 aromatic carbocycles. The SMILES string of the molecule is CCCc1ccccc1C1CC=CC=C1c1ccc2c(c1)-c1ccccc1C2(C)C. The van der Waals surface area contributed by atoms with Crippen LogP contribution in [-0.2, 0) is 11.8 Å². The Morgan fingerprint density at radius 3 is 2.50 bits per heavy atom. The van der Waals surface area contributed by atoms with Crippen molar-refractivity contribution < 1.29 is 0 Å². The van der Waals surface area contributed by atoms with E-state index in [9.17, 15) is 0 Å². The topological polar surface area (TPSA) is 0 Å². The van der Waals surface area contributed by atoms with Crippen LogP contribution >= 0.6 is 0 Å². The summed E-state index contributed by atoms with van der Waals surface area (Å²) in [7, 11) is 0. The molecule has 0 heterocycles. The van der Waals surface area contributed by atoms with E-state index in [1.807, 2.05) is 0 Å². The quantitative estimate of drug-likeness (QED) is 0.422. The average Bonchev–Trinajstić information content (AvgIpc) is 3.01. The van der Waals surface area contributed by atoms with E-state index in [4.69, 9.17) is 0 Å². The van der Waals surface area contributed by atoms with Gasteiger partial charge in [-0.3, -0.25) is 0 Å². The second-order valence-electron chi connectivity index (χ2n) is 9.22. The van der Waals surface area contributed by atoms with E-state index in [-0.39, 0.29) is 5.41 Å². The van der Waals surface area contributed by atoms with Crippen LogP contribution in [0.15, 0.2) is 85.0 Å². The van der Waals surface area contributed by atoms with Gasteiger partial charge in [-0.1, -0.05) is 106 Å². The molecule has 2 aliphatic rings. The first-order valence-corrected chi connectivity index (χ1v) is 11.3. The molecule has 0 radical (unpaired) electrons. The van der Waals surface area contributed by atoms with Gasteiger partial charge in [-0.15, -0.1) is 0 Å². The highest BCUT2D eigenvalue weighted by Crippen LogP contribution is 2.50. The second kappa shape index (κ2) is 7.43. The maximum Gasteiger partial charge on any atom is 0.0158 e. The van der Waals surface area contributed by atoms with Crippen molar-refractivity contribution in [1.82, 2.24) is 0 Å². The van der Waals surface area contributed by atoms with E-state index < -0.39 is 0 Å². The molecule has 3 aromatic rings. The van der Waals surface area contributed by atoms with Gasteiger partial charge in [0, 0.05) is 11.3 Å². The lowest BCUT2D eigenvalue weighted by molar-refractivity contribution is 0.660. The van der Waals surface area contributed by atoms with Crippen molar-refractivity contribution in [3.63, 3.8) is 0 Å². The van der Waals surface area contributed by atoms with Gasteiger partial charge in [-0.2, -0.15) is 0 Å². The van der Waals surface area contributed by atoms with Gasteiger partial charge in [0.1, 0.15) is 0 Å². The third kappa shape index (κ3) is 2.98. The summed E-state index contributed by atoms with van der Waals surface area (Å²) in [5, 5.41) is 0. The van der Waals surface area contributed by atoms with Crippen molar-refractivity contribution in [1.29, 1.82) is 0 Å². The summed E-state index contributed by atoms with van der Waals surface area (Å²) in [6, 6.07) is 25.1. The van der Waals surface area contributed by atoms with Crippen LogP contribution in [0.3, 0.4) is 0 Å². The Morgan fingerprint density at radius 1 is 0.867 bits per heavy atom. The maximum absolute atomic E-state index is 2.45. The molecule has 30 heavy (non-hydrogen) atoms. The maximum atomic E-state index is 2.45. The van der Waals surface area contributed by atoms with Gasteiger partial charge in [0.2, 0.25) is 0 Å². The van der Waals surface area contributed by atoms with Gasteiger partial charge in [-0.05, 0) is 63.4 Å². The minimum atomic E-state index is 0.0679. The fraction of sp³-hybridized carbons (Fsp3) is 0.267. The third-order valence-corrected chi connectivity index (χ3v) is 7.03. The Morgan fingerprint density at radius 2 is 1.63 bits per heavy atom. The van der Waals surface area contributed by atoms with Crippen molar-refractivity contribution in [2.24, 2.45) is 0 Å². The number of benzene rings is 3. The van der Waals surface area contributed by atoms with Gasteiger partial charge in [0.05, 0.1) is 0 Å². The summed E-state index contributed by atoms with van der Waals surface area (Å²) in [6.07, 6.45) is 10.3. The first-order valence-electron chi connectivity index (χ1n) is 11.3. The molecule has 1 unspecified atom stereocenters. The molecule has 0 spiro atoms. The first kappa shape index (κ1) is 19.1. The average molecular weight is 391 g/mol. The zero-order chi connectivity index (χ0) is 20.7. The van der Waals surface area contributed by atoms with Gasteiger partial charge in [0.25, 0.3) is 0 Å². The molecule has 0 nitrogen and oxygen atoms in total. The Hall–Kier alpha value is -2.86. The zero-order valence-electron chi connectivity index (χ0n) is 18.3. The van der Waals surface area contributed by atoms with E-state index in [0.29, 0.717) is 5.92 Å².